The maximum Gasteiger partial charge on any atom is 0.267 e. The van der Waals surface area contributed by atoms with Crippen LogP contribution in [-0.2, 0) is 11.2 Å². The van der Waals surface area contributed by atoms with E-state index >= 15 is 0 Å². The smallest absolute Gasteiger partial charge is 0.267 e. The molecule has 6 rings (SSSR count). The summed E-state index contributed by atoms with van der Waals surface area (Å²) in [7, 11) is 1.62. The number of hydrogen-bond acceptors (Lipinski definition) is 8. The van der Waals surface area contributed by atoms with Gasteiger partial charge in [0.15, 0.2) is 0 Å². The van der Waals surface area contributed by atoms with Crippen molar-refractivity contribution in [2.45, 2.75) is 6.42 Å². The van der Waals surface area contributed by atoms with E-state index in [1.165, 1.54) is 28.3 Å². The molecule has 0 aliphatic carbocycles. The highest BCUT2D eigenvalue weighted by molar-refractivity contribution is 8.26. The fourth-order valence-electron chi connectivity index (χ4n) is 5.14. The number of rotatable bonds is 7. The Hall–Kier alpha value is -4.22. The molecule has 0 unspecified atom stereocenters. The van der Waals surface area contributed by atoms with Crippen molar-refractivity contribution in [3.63, 3.8) is 0 Å². The van der Waals surface area contributed by atoms with Crippen LogP contribution in [-0.4, -0.2) is 64.3 Å². The SMILES string of the molecule is COc1ccc(CCN2C(=O)/C(=C\c3c(N4CCN(c5ccc(F)cc5)CC4)nc4ccccn4c3=O)SC2=S)cc1. The fourth-order valence-corrected chi connectivity index (χ4v) is 6.43. The van der Waals surface area contributed by atoms with Gasteiger partial charge in [-0.05, 0) is 66.6 Å². The van der Waals surface area contributed by atoms with Crippen LogP contribution in [0.3, 0.4) is 0 Å². The molecule has 42 heavy (non-hydrogen) atoms. The number of hydrogen-bond donors (Lipinski definition) is 0. The Labute approximate surface area is 252 Å². The molecule has 2 aliphatic heterocycles. The van der Waals surface area contributed by atoms with Gasteiger partial charge >= 0.3 is 0 Å². The van der Waals surface area contributed by atoms with Crippen molar-refractivity contribution in [1.29, 1.82) is 0 Å². The summed E-state index contributed by atoms with van der Waals surface area (Å²) < 4.78 is 20.6. The molecule has 0 radical (unpaired) electrons. The zero-order valence-corrected chi connectivity index (χ0v) is 24.5. The number of thiocarbonyl (C=S) groups is 1. The highest BCUT2D eigenvalue weighted by Gasteiger charge is 2.33. The average Bonchev–Trinajstić information content (AvgIpc) is 3.29. The van der Waals surface area contributed by atoms with E-state index in [2.05, 4.69) is 9.80 Å². The van der Waals surface area contributed by atoms with Crippen molar-refractivity contribution in [3.05, 3.63) is 105 Å². The van der Waals surface area contributed by atoms with Crippen molar-refractivity contribution >= 4 is 57.4 Å². The van der Waals surface area contributed by atoms with E-state index in [-0.39, 0.29) is 17.3 Å². The first-order valence-corrected chi connectivity index (χ1v) is 14.8. The van der Waals surface area contributed by atoms with Gasteiger partial charge in [-0.2, -0.15) is 0 Å². The quantitative estimate of drug-likeness (QED) is 0.225. The second-order valence-electron chi connectivity index (χ2n) is 9.97. The zero-order valence-electron chi connectivity index (χ0n) is 22.9. The van der Waals surface area contributed by atoms with E-state index < -0.39 is 0 Å². The molecule has 2 aliphatic rings. The number of aromatic nitrogens is 2. The normalized spacial score (nSPS) is 16.6. The van der Waals surface area contributed by atoms with Gasteiger partial charge in [-0.15, -0.1) is 0 Å². The van der Waals surface area contributed by atoms with Crippen LogP contribution < -0.4 is 20.1 Å². The molecule has 0 atom stereocenters. The third-order valence-corrected chi connectivity index (χ3v) is 8.83. The molecule has 11 heteroatoms. The first-order chi connectivity index (χ1) is 20.4. The average molecular weight is 602 g/mol. The number of carbonyl (C=O) groups excluding carboxylic acids is 1. The third-order valence-electron chi connectivity index (χ3n) is 7.45. The topological polar surface area (TPSA) is 70.4 Å². The first kappa shape index (κ1) is 27.9. The summed E-state index contributed by atoms with van der Waals surface area (Å²) in [5.41, 5.74) is 2.64. The second kappa shape index (κ2) is 11.9. The molecular weight excluding hydrogens is 574 g/mol. The van der Waals surface area contributed by atoms with Gasteiger partial charge in [0.25, 0.3) is 11.5 Å². The van der Waals surface area contributed by atoms with Crippen molar-refractivity contribution in [2.75, 3.05) is 49.6 Å². The molecule has 2 aromatic carbocycles. The molecule has 0 N–H and O–H groups in total. The van der Waals surface area contributed by atoms with Crippen molar-refractivity contribution in [1.82, 2.24) is 14.3 Å². The van der Waals surface area contributed by atoms with E-state index in [0.29, 0.717) is 65.4 Å². The number of carbonyl (C=O) groups is 1. The van der Waals surface area contributed by atoms with Gasteiger partial charge in [0.05, 0.1) is 17.6 Å². The van der Waals surface area contributed by atoms with E-state index in [4.69, 9.17) is 21.9 Å². The predicted molar refractivity (Wildman–Crippen MR) is 169 cm³/mol. The number of thioether (sulfide) groups is 1. The van der Waals surface area contributed by atoms with E-state index in [1.54, 1.807) is 48.5 Å². The number of nitrogens with zero attached hydrogens (tertiary/aromatic N) is 5. The van der Waals surface area contributed by atoms with Crippen LogP contribution in [0.5, 0.6) is 5.75 Å². The van der Waals surface area contributed by atoms with Crippen molar-refractivity contribution in [2.24, 2.45) is 0 Å². The summed E-state index contributed by atoms with van der Waals surface area (Å²) in [6, 6.07) is 19.6. The van der Waals surface area contributed by atoms with Gasteiger partial charge in [0, 0.05) is 44.6 Å². The van der Waals surface area contributed by atoms with Crippen LogP contribution >= 0.6 is 24.0 Å². The summed E-state index contributed by atoms with van der Waals surface area (Å²) in [6.07, 6.45) is 3.95. The minimum absolute atomic E-state index is 0.219. The van der Waals surface area contributed by atoms with Gasteiger partial charge in [0.1, 0.15) is 27.4 Å². The number of piperazine rings is 1. The van der Waals surface area contributed by atoms with Gasteiger partial charge in [-0.25, -0.2) is 9.37 Å². The zero-order chi connectivity index (χ0) is 29.2. The lowest BCUT2D eigenvalue weighted by molar-refractivity contribution is -0.122. The van der Waals surface area contributed by atoms with E-state index in [9.17, 15) is 14.0 Å². The highest BCUT2D eigenvalue weighted by atomic mass is 32.2. The molecule has 0 bridgehead atoms. The van der Waals surface area contributed by atoms with Crippen LogP contribution in [0.4, 0.5) is 15.9 Å². The fraction of sp³-hybridized carbons (Fsp3) is 0.226. The number of halogens is 1. The summed E-state index contributed by atoms with van der Waals surface area (Å²) in [6.45, 7) is 3.00. The summed E-state index contributed by atoms with van der Waals surface area (Å²) in [5, 5.41) is 0. The highest BCUT2D eigenvalue weighted by Crippen LogP contribution is 2.34. The lowest BCUT2D eigenvalue weighted by Crippen LogP contribution is -2.47. The number of pyridine rings is 1. The van der Waals surface area contributed by atoms with Crippen LogP contribution in [0.15, 0.2) is 82.6 Å². The van der Waals surface area contributed by atoms with Crippen molar-refractivity contribution in [3.8, 4) is 5.75 Å². The maximum atomic E-state index is 13.8. The van der Waals surface area contributed by atoms with Crippen LogP contribution in [0.1, 0.15) is 11.1 Å². The Morgan fingerprint density at radius 3 is 2.40 bits per heavy atom. The van der Waals surface area contributed by atoms with Crippen LogP contribution in [0, 0.1) is 5.82 Å². The number of anilines is 2. The first-order valence-electron chi connectivity index (χ1n) is 13.6. The van der Waals surface area contributed by atoms with Crippen LogP contribution in [0.2, 0.25) is 0 Å². The standard InChI is InChI=1S/C31H28FN5O3S2/c1-40-24-11-5-21(6-12-24)13-15-37-30(39)26(42-31(37)41)20-25-28(33-27-4-2-3-14-36(27)29(25)38)35-18-16-34(17-19-35)23-9-7-22(32)8-10-23/h2-12,14,20H,13,15-19H2,1H3/b26-20+. The number of amides is 1. The maximum absolute atomic E-state index is 13.8. The minimum atomic E-state index is -0.269. The summed E-state index contributed by atoms with van der Waals surface area (Å²) >= 11 is 6.77. The monoisotopic (exact) mass is 601 g/mol. The number of benzene rings is 2. The Balaban J connectivity index is 1.27. The van der Waals surface area contributed by atoms with E-state index in [1.807, 2.05) is 30.3 Å². The minimum Gasteiger partial charge on any atom is -0.497 e. The van der Waals surface area contributed by atoms with Gasteiger partial charge in [-0.1, -0.05) is 42.2 Å². The third kappa shape index (κ3) is 5.62. The van der Waals surface area contributed by atoms with Gasteiger partial charge in [-0.3, -0.25) is 18.9 Å². The number of fused-ring (bicyclic) bond motifs is 1. The van der Waals surface area contributed by atoms with Crippen LogP contribution in [0.25, 0.3) is 11.7 Å². The molecule has 4 heterocycles. The molecule has 8 nitrogen and oxygen atoms in total. The second-order valence-corrected chi connectivity index (χ2v) is 11.6. The Morgan fingerprint density at radius 1 is 0.976 bits per heavy atom. The van der Waals surface area contributed by atoms with E-state index in [0.717, 1.165) is 17.0 Å². The Morgan fingerprint density at radius 2 is 1.69 bits per heavy atom. The molecule has 4 aromatic rings. The van der Waals surface area contributed by atoms with Crippen molar-refractivity contribution < 1.29 is 13.9 Å². The van der Waals surface area contributed by atoms with Gasteiger partial charge < -0.3 is 14.5 Å². The molecule has 2 fully saturated rings. The lowest BCUT2D eigenvalue weighted by atomic mass is 10.1. The number of ether oxygens (including phenoxy) is 1. The molecule has 2 aromatic heterocycles. The summed E-state index contributed by atoms with van der Waals surface area (Å²) in [4.78, 5) is 38.3. The molecule has 0 spiro atoms. The largest absolute Gasteiger partial charge is 0.497 e. The Kier molecular flexibility index (Phi) is 7.94. The molecule has 0 saturated carbocycles. The molecule has 2 saturated heterocycles. The molecule has 214 valence electrons. The number of methoxy groups -OCH3 is 1. The molecule has 1 amide bonds. The predicted octanol–water partition coefficient (Wildman–Crippen LogP) is 4.61. The molecular formula is C31H28FN5O3S2. The summed E-state index contributed by atoms with van der Waals surface area (Å²) in [5.74, 6) is 0.820. The Bertz CT molecular complexity index is 1730. The van der Waals surface area contributed by atoms with Gasteiger partial charge in [0.2, 0.25) is 0 Å². The lowest BCUT2D eigenvalue weighted by Gasteiger charge is -2.37.